The molecule has 1 heterocycles. The average Bonchev–Trinajstić information content (AvgIpc) is 2.29. The molecule has 0 saturated carbocycles. The van der Waals surface area contributed by atoms with Gasteiger partial charge in [-0.1, -0.05) is 6.92 Å². The summed E-state index contributed by atoms with van der Waals surface area (Å²) in [6, 6.07) is 0.298. The fourth-order valence-electron chi connectivity index (χ4n) is 2.22. The number of hydrogen-bond donors (Lipinski definition) is 2. The highest BCUT2D eigenvalue weighted by atomic mass is 35.5. The van der Waals surface area contributed by atoms with Crippen LogP contribution in [-0.4, -0.2) is 65.7 Å². The van der Waals surface area contributed by atoms with Crippen LogP contribution in [0.1, 0.15) is 20.8 Å². The van der Waals surface area contributed by atoms with Gasteiger partial charge >= 0.3 is 0 Å². The summed E-state index contributed by atoms with van der Waals surface area (Å²) in [6.45, 7) is 9.13. The van der Waals surface area contributed by atoms with Crippen LogP contribution in [0.15, 0.2) is 0 Å². The normalized spacial score (nSPS) is 23.0. The number of β-amino-alcohol motifs (C(OH)–C–C–N with tert-alkyl or cyclic N) is 1. The Labute approximate surface area is 128 Å². The Bertz CT molecular complexity index is 267. The average molecular weight is 316 g/mol. The summed E-state index contributed by atoms with van der Waals surface area (Å²) in [7, 11) is 0. The van der Waals surface area contributed by atoms with E-state index in [0.29, 0.717) is 19.1 Å². The van der Waals surface area contributed by atoms with E-state index in [2.05, 4.69) is 11.8 Å². The number of carbonyl (C=O) groups is 1. The van der Waals surface area contributed by atoms with Crippen molar-refractivity contribution >= 4 is 30.7 Å². The first-order valence-electron chi connectivity index (χ1n) is 6.36. The molecule has 0 spiro atoms. The first-order valence-corrected chi connectivity index (χ1v) is 6.36. The van der Waals surface area contributed by atoms with Crippen molar-refractivity contribution in [3.05, 3.63) is 0 Å². The number of aliphatic hydroxyl groups excluding tert-OH is 1. The summed E-state index contributed by atoms with van der Waals surface area (Å²) in [4.78, 5) is 16.1. The molecule has 3 N–H and O–H groups in total. The van der Waals surface area contributed by atoms with Gasteiger partial charge in [0.15, 0.2) is 0 Å². The molecule has 19 heavy (non-hydrogen) atoms. The molecule has 1 fully saturated rings. The molecule has 0 radical (unpaired) electrons. The zero-order valence-electron chi connectivity index (χ0n) is 11.9. The van der Waals surface area contributed by atoms with E-state index in [4.69, 9.17) is 5.73 Å². The standard InChI is InChI=1S/C12H25N3O2.2ClH/c1-9(6-13)12(17)15-5-4-14(8-11(3)16)10(2)7-15;;/h9-11,16H,4-8,13H2,1-3H3;2*1H. The lowest BCUT2D eigenvalue weighted by molar-refractivity contribution is -0.137. The third kappa shape index (κ3) is 6.27. The Kier molecular flexibility index (Phi) is 10.9. The van der Waals surface area contributed by atoms with Crippen molar-refractivity contribution in [1.82, 2.24) is 9.80 Å². The molecule has 1 saturated heterocycles. The van der Waals surface area contributed by atoms with Gasteiger partial charge in [0.05, 0.1) is 6.10 Å². The van der Waals surface area contributed by atoms with E-state index >= 15 is 0 Å². The summed E-state index contributed by atoms with van der Waals surface area (Å²) < 4.78 is 0. The van der Waals surface area contributed by atoms with Crippen molar-refractivity contribution in [1.29, 1.82) is 0 Å². The fraction of sp³-hybridized carbons (Fsp3) is 0.917. The highest BCUT2D eigenvalue weighted by Crippen LogP contribution is 2.12. The van der Waals surface area contributed by atoms with Gasteiger partial charge < -0.3 is 15.7 Å². The molecule has 0 aromatic carbocycles. The van der Waals surface area contributed by atoms with Crippen molar-refractivity contribution in [3.8, 4) is 0 Å². The van der Waals surface area contributed by atoms with Crippen molar-refractivity contribution in [2.45, 2.75) is 32.9 Å². The van der Waals surface area contributed by atoms with Gasteiger partial charge in [-0.25, -0.2) is 0 Å². The Morgan fingerprint density at radius 3 is 2.37 bits per heavy atom. The van der Waals surface area contributed by atoms with Gasteiger partial charge in [-0.2, -0.15) is 0 Å². The van der Waals surface area contributed by atoms with E-state index in [0.717, 1.165) is 19.6 Å². The number of piperazine rings is 1. The third-order valence-electron chi connectivity index (χ3n) is 3.35. The summed E-state index contributed by atoms with van der Waals surface area (Å²) in [5, 5.41) is 9.39. The topological polar surface area (TPSA) is 69.8 Å². The van der Waals surface area contributed by atoms with Gasteiger partial charge in [0.1, 0.15) is 0 Å². The lowest BCUT2D eigenvalue weighted by Crippen LogP contribution is -2.56. The summed E-state index contributed by atoms with van der Waals surface area (Å²) in [5.41, 5.74) is 5.52. The van der Waals surface area contributed by atoms with Crippen LogP contribution in [-0.2, 0) is 4.79 Å². The number of nitrogens with two attached hydrogens (primary N) is 1. The maximum Gasteiger partial charge on any atom is 0.226 e. The van der Waals surface area contributed by atoms with E-state index in [9.17, 15) is 9.90 Å². The molecule has 1 rings (SSSR count). The lowest BCUT2D eigenvalue weighted by atomic mass is 10.1. The number of aliphatic hydroxyl groups is 1. The van der Waals surface area contributed by atoms with Crippen molar-refractivity contribution in [2.24, 2.45) is 11.7 Å². The highest BCUT2D eigenvalue weighted by molar-refractivity contribution is 5.85. The monoisotopic (exact) mass is 315 g/mol. The summed E-state index contributed by atoms with van der Waals surface area (Å²) in [5.74, 6) is 0.0570. The summed E-state index contributed by atoms with van der Waals surface area (Å²) in [6.07, 6.45) is -0.317. The second-order valence-electron chi connectivity index (χ2n) is 5.11. The van der Waals surface area contributed by atoms with E-state index in [1.807, 2.05) is 11.8 Å². The van der Waals surface area contributed by atoms with Gasteiger partial charge in [0, 0.05) is 44.7 Å². The van der Waals surface area contributed by atoms with Crippen LogP contribution >= 0.6 is 24.8 Å². The number of nitrogens with zero attached hydrogens (tertiary/aromatic N) is 2. The van der Waals surface area contributed by atoms with Crippen LogP contribution in [0.4, 0.5) is 0 Å². The Morgan fingerprint density at radius 2 is 1.95 bits per heavy atom. The number of halogens is 2. The zero-order chi connectivity index (χ0) is 13.0. The largest absolute Gasteiger partial charge is 0.392 e. The predicted molar refractivity (Wildman–Crippen MR) is 82.0 cm³/mol. The van der Waals surface area contributed by atoms with Crippen LogP contribution in [0.5, 0.6) is 0 Å². The molecule has 0 bridgehead atoms. The van der Waals surface area contributed by atoms with E-state index in [1.54, 1.807) is 6.92 Å². The molecule has 3 atom stereocenters. The van der Waals surface area contributed by atoms with Crippen LogP contribution in [0.2, 0.25) is 0 Å². The molecule has 7 heteroatoms. The molecule has 0 aromatic heterocycles. The smallest absolute Gasteiger partial charge is 0.226 e. The van der Waals surface area contributed by atoms with Crippen LogP contribution in [0.25, 0.3) is 0 Å². The number of rotatable bonds is 4. The van der Waals surface area contributed by atoms with Crippen molar-refractivity contribution < 1.29 is 9.90 Å². The second-order valence-corrected chi connectivity index (χ2v) is 5.11. The van der Waals surface area contributed by atoms with Crippen molar-refractivity contribution in [3.63, 3.8) is 0 Å². The molecule has 116 valence electrons. The SMILES string of the molecule is CC(O)CN1CCN(C(=O)C(C)CN)CC1C.Cl.Cl. The number of hydrogen-bond acceptors (Lipinski definition) is 4. The molecule has 0 aliphatic carbocycles. The maximum absolute atomic E-state index is 12.0. The molecule has 1 aliphatic heterocycles. The fourth-order valence-corrected chi connectivity index (χ4v) is 2.22. The molecule has 5 nitrogen and oxygen atoms in total. The molecular formula is C12H27Cl2N3O2. The van der Waals surface area contributed by atoms with Gasteiger partial charge in [-0.05, 0) is 13.8 Å². The lowest BCUT2D eigenvalue weighted by Gasteiger charge is -2.41. The molecular weight excluding hydrogens is 289 g/mol. The Balaban J connectivity index is 0. The predicted octanol–water partition coefficient (Wildman–Crippen LogP) is 0.338. The van der Waals surface area contributed by atoms with Crippen LogP contribution < -0.4 is 5.73 Å². The van der Waals surface area contributed by atoms with Crippen molar-refractivity contribution in [2.75, 3.05) is 32.7 Å². The van der Waals surface area contributed by atoms with Gasteiger partial charge in [0.25, 0.3) is 0 Å². The zero-order valence-corrected chi connectivity index (χ0v) is 13.5. The third-order valence-corrected chi connectivity index (χ3v) is 3.35. The maximum atomic E-state index is 12.0. The van der Waals surface area contributed by atoms with E-state index < -0.39 is 0 Å². The Hall–Kier alpha value is -0.0700. The number of carbonyl (C=O) groups excluding carboxylic acids is 1. The Morgan fingerprint density at radius 1 is 1.37 bits per heavy atom. The van der Waals surface area contributed by atoms with Gasteiger partial charge in [-0.3, -0.25) is 9.69 Å². The minimum absolute atomic E-state index is 0. The quantitative estimate of drug-likeness (QED) is 0.785. The van der Waals surface area contributed by atoms with Gasteiger partial charge in [0.2, 0.25) is 5.91 Å². The first-order chi connectivity index (χ1) is 7.95. The van der Waals surface area contributed by atoms with Crippen LogP contribution in [0.3, 0.4) is 0 Å². The molecule has 1 aliphatic rings. The summed E-state index contributed by atoms with van der Waals surface area (Å²) >= 11 is 0. The minimum atomic E-state index is -0.317. The van der Waals surface area contributed by atoms with E-state index in [-0.39, 0.29) is 42.7 Å². The second kappa shape index (κ2) is 9.77. The van der Waals surface area contributed by atoms with E-state index in [1.165, 1.54) is 0 Å². The van der Waals surface area contributed by atoms with Crippen LogP contribution in [0, 0.1) is 5.92 Å². The molecule has 0 aromatic rings. The first kappa shape index (κ1) is 21.2. The minimum Gasteiger partial charge on any atom is -0.392 e. The molecule has 3 unspecified atom stereocenters. The highest BCUT2D eigenvalue weighted by Gasteiger charge is 2.28. The molecule has 1 amide bonds. The number of amides is 1. The van der Waals surface area contributed by atoms with Gasteiger partial charge in [-0.15, -0.1) is 24.8 Å².